The van der Waals surface area contributed by atoms with Crippen molar-refractivity contribution in [2.75, 3.05) is 12.0 Å². The van der Waals surface area contributed by atoms with E-state index in [1.54, 1.807) is 20.2 Å². The van der Waals surface area contributed by atoms with Crippen molar-refractivity contribution in [3.8, 4) is 0 Å². The quantitative estimate of drug-likeness (QED) is 0.457. The molecule has 1 aliphatic carbocycles. The van der Waals surface area contributed by atoms with Gasteiger partial charge in [0, 0.05) is 37.1 Å². The van der Waals surface area contributed by atoms with Crippen LogP contribution in [0.4, 0.5) is 0 Å². The van der Waals surface area contributed by atoms with Gasteiger partial charge in [0.25, 0.3) is 5.56 Å². The molecule has 0 spiro atoms. The number of fused-ring (bicyclic) bond motifs is 1. The number of hydrogen-bond donors (Lipinski definition) is 1. The highest BCUT2D eigenvalue weighted by Gasteiger charge is 2.41. The average molecular weight is 496 g/mol. The highest BCUT2D eigenvalue weighted by atomic mass is 32.2. The van der Waals surface area contributed by atoms with Crippen LogP contribution in [-0.4, -0.2) is 53.3 Å². The van der Waals surface area contributed by atoms with Gasteiger partial charge in [0.1, 0.15) is 9.84 Å². The van der Waals surface area contributed by atoms with Crippen molar-refractivity contribution < 1.29 is 16.8 Å². The van der Waals surface area contributed by atoms with Crippen LogP contribution < -0.4 is 16.0 Å². The van der Waals surface area contributed by atoms with Crippen molar-refractivity contribution in [3.63, 3.8) is 0 Å². The monoisotopic (exact) mass is 495 g/mol. The van der Waals surface area contributed by atoms with Crippen molar-refractivity contribution in [2.24, 2.45) is 7.05 Å². The van der Waals surface area contributed by atoms with Gasteiger partial charge < -0.3 is 0 Å². The normalized spacial score (nSPS) is 15.7. The third-order valence-corrected chi connectivity index (χ3v) is 8.23. The maximum absolute atomic E-state index is 13.3. The molecule has 0 aliphatic heterocycles. The largest absolute Gasteiger partial charge is 0.331 e. The SMILES string of the molecule is Cn1cc(Cn2c(=O)c3cc(S(=O)(=O)NC4(C)CC4)ccc3n(CCS(C)(=O)=O)c2=O)cn1. The predicted octanol–water partition coefficient (Wildman–Crippen LogP) is -0.180. The number of nitrogens with one attached hydrogen (secondary N) is 1. The minimum absolute atomic E-state index is 0.0100. The van der Waals surface area contributed by atoms with Gasteiger partial charge in [-0.25, -0.2) is 26.4 Å². The zero-order chi connectivity index (χ0) is 24.2. The van der Waals surface area contributed by atoms with Crippen molar-refractivity contribution in [2.45, 2.75) is 43.3 Å². The van der Waals surface area contributed by atoms with Gasteiger partial charge in [-0.3, -0.25) is 18.6 Å². The summed E-state index contributed by atoms with van der Waals surface area (Å²) in [5, 5.41) is 4.05. The maximum Gasteiger partial charge on any atom is 0.331 e. The number of hydrogen-bond acceptors (Lipinski definition) is 7. The molecule has 1 aromatic carbocycles. The summed E-state index contributed by atoms with van der Waals surface area (Å²) in [7, 11) is -5.59. The van der Waals surface area contributed by atoms with E-state index < -0.39 is 36.6 Å². The lowest BCUT2D eigenvalue weighted by Gasteiger charge is -2.16. The Labute approximate surface area is 190 Å². The lowest BCUT2D eigenvalue weighted by atomic mass is 10.2. The van der Waals surface area contributed by atoms with E-state index in [4.69, 9.17) is 0 Å². The first-order chi connectivity index (χ1) is 15.3. The molecular formula is C20H25N5O6S2. The first-order valence-electron chi connectivity index (χ1n) is 10.2. The molecule has 0 amide bonds. The van der Waals surface area contributed by atoms with Crippen molar-refractivity contribution >= 4 is 30.8 Å². The Morgan fingerprint density at radius 3 is 2.39 bits per heavy atom. The first-order valence-corrected chi connectivity index (χ1v) is 13.8. The molecule has 0 unspecified atom stereocenters. The molecule has 178 valence electrons. The molecule has 0 radical (unpaired) electrons. The van der Waals surface area contributed by atoms with Crippen molar-refractivity contribution in [1.29, 1.82) is 0 Å². The second kappa shape index (κ2) is 7.92. The molecule has 33 heavy (non-hydrogen) atoms. The second-order valence-electron chi connectivity index (χ2n) is 8.82. The number of aromatic nitrogens is 4. The summed E-state index contributed by atoms with van der Waals surface area (Å²) in [5.41, 5.74) is -1.07. The van der Waals surface area contributed by atoms with Gasteiger partial charge in [-0.1, -0.05) is 0 Å². The van der Waals surface area contributed by atoms with Gasteiger partial charge in [-0.15, -0.1) is 0 Å². The second-order valence-corrected chi connectivity index (χ2v) is 12.8. The first kappa shape index (κ1) is 23.4. The van der Waals surface area contributed by atoms with Crippen LogP contribution in [0.15, 0.2) is 45.1 Å². The van der Waals surface area contributed by atoms with Gasteiger partial charge >= 0.3 is 5.69 Å². The van der Waals surface area contributed by atoms with Crippen LogP contribution in [0.5, 0.6) is 0 Å². The Morgan fingerprint density at radius 1 is 1.12 bits per heavy atom. The molecular weight excluding hydrogens is 470 g/mol. The molecule has 0 bridgehead atoms. The van der Waals surface area contributed by atoms with Gasteiger partial charge in [0.05, 0.1) is 34.3 Å². The summed E-state index contributed by atoms with van der Waals surface area (Å²) in [4.78, 5) is 26.4. The van der Waals surface area contributed by atoms with Crippen LogP contribution in [0.2, 0.25) is 0 Å². The zero-order valence-corrected chi connectivity index (χ0v) is 20.1. The lowest BCUT2D eigenvalue weighted by molar-refractivity contribution is 0.558. The van der Waals surface area contributed by atoms with Gasteiger partial charge in [0.2, 0.25) is 10.0 Å². The summed E-state index contributed by atoms with van der Waals surface area (Å²) in [5.74, 6) is -0.312. The average Bonchev–Trinajstić information content (AvgIpc) is 3.27. The molecule has 0 atom stereocenters. The van der Waals surface area contributed by atoms with Gasteiger partial charge in [-0.2, -0.15) is 5.10 Å². The third kappa shape index (κ3) is 4.94. The molecule has 1 aliphatic rings. The molecule has 3 aromatic rings. The summed E-state index contributed by atoms with van der Waals surface area (Å²) in [6.45, 7) is 1.53. The van der Waals surface area contributed by atoms with Crippen LogP contribution >= 0.6 is 0 Å². The Bertz CT molecular complexity index is 1580. The summed E-state index contributed by atoms with van der Waals surface area (Å²) >= 11 is 0. The number of nitrogens with zero attached hydrogens (tertiary/aromatic N) is 4. The number of benzene rings is 1. The fourth-order valence-electron chi connectivity index (χ4n) is 3.59. The summed E-state index contributed by atoms with van der Waals surface area (Å²) in [6, 6.07) is 3.93. The van der Waals surface area contributed by atoms with E-state index in [0.717, 1.165) is 23.7 Å². The molecule has 13 heteroatoms. The van der Waals surface area contributed by atoms with Crippen LogP contribution in [0.1, 0.15) is 25.3 Å². The third-order valence-electron chi connectivity index (χ3n) is 5.67. The van der Waals surface area contributed by atoms with Gasteiger partial charge in [0.15, 0.2) is 0 Å². The smallest absolute Gasteiger partial charge is 0.292 e. The molecule has 0 saturated heterocycles. The van der Waals surface area contributed by atoms with E-state index in [9.17, 15) is 26.4 Å². The molecule has 4 rings (SSSR count). The van der Waals surface area contributed by atoms with Crippen molar-refractivity contribution in [3.05, 3.63) is 57.0 Å². The highest BCUT2D eigenvalue weighted by molar-refractivity contribution is 7.90. The topological polar surface area (TPSA) is 142 Å². The Balaban J connectivity index is 1.90. The number of rotatable bonds is 8. The van der Waals surface area contributed by atoms with Crippen LogP contribution in [0.25, 0.3) is 10.9 Å². The number of aryl methyl sites for hydroxylation is 2. The minimum Gasteiger partial charge on any atom is -0.292 e. The Morgan fingerprint density at radius 2 is 1.82 bits per heavy atom. The van der Waals surface area contributed by atoms with E-state index in [2.05, 4.69) is 9.82 Å². The minimum atomic E-state index is -3.89. The molecule has 11 nitrogen and oxygen atoms in total. The van der Waals surface area contributed by atoms with E-state index >= 15 is 0 Å². The van der Waals surface area contributed by atoms with Crippen LogP contribution in [0, 0.1) is 0 Å². The number of sulfone groups is 1. The predicted molar refractivity (Wildman–Crippen MR) is 122 cm³/mol. The van der Waals surface area contributed by atoms with E-state index in [0.29, 0.717) is 5.56 Å². The zero-order valence-electron chi connectivity index (χ0n) is 18.5. The summed E-state index contributed by atoms with van der Waals surface area (Å²) < 4.78 is 55.5. The highest BCUT2D eigenvalue weighted by Crippen LogP contribution is 2.36. The van der Waals surface area contributed by atoms with E-state index in [1.165, 1.54) is 33.6 Å². The van der Waals surface area contributed by atoms with Crippen LogP contribution in [0.3, 0.4) is 0 Å². The van der Waals surface area contributed by atoms with Crippen molar-refractivity contribution in [1.82, 2.24) is 23.6 Å². The fourth-order valence-corrected chi connectivity index (χ4v) is 5.60. The van der Waals surface area contributed by atoms with E-state index in [-0.39, 0.29) is 34.6 Å². The Kier molecular flexibility index (Phi) is 5.61. The molecule has 1 fully saturated rings. The Hall–Kier alpha value is -2.77. The maximum atomic E-state index is 13.3. The molecule has 2 heterocycles. The molecule has 1 saturated carbocycles. The summed E-state index contributed by atoms with van der Waals surface area (Å²) in [6.07, 6.45) is 5.67. The standard InChI is InChI=1S/C20H25N5O6S2/c1-20(6-7-20)22-33(30,31)15-4-5-17-16(10-15)18(26)25(13-14-11-21-23(2)12-14)19(27)24(17)8-9-32(3,28)29/h4-5,10-12,22H,6-9,13H2,1-3H3. The fraction of sp³-hybridized carbons (Fsp3) is 0.450. The van der Waals surface area contributed by atoms with Gasteiger partial charge in [-0.05, 0) is 38.0 Å². The number of sulfonamides is 1. The van der Waals surface area contributed by atoms with Crippen LogP contribution in [-0.2, 0) is 40.0 Å². The van der Waals surface area contributed by atoms with E-state index in [1.807, 2.05) is 0 Å². The molecule has 1 N–H and O–H groups in total. The lowest BCUT2D eigenvalue weighted by Crippen LogP contribution is -2.41. The molecule has 2 aromatic heterocycles.